The van der Waals surface area contributed by atoms with Crippen molar-refractivity contribution in [3.63, 3.8) is 0 Å². The van der Waals surface area contributed by atoms with Gasteiger partial charge in [0.05, 0.1) is 20.3 Å². The summed E-state index contributed by atoms with van der Waals surface area (Å²) in [6.07, 6.45) is 1.65. The smallest absolute Gasteiger partial charge is 0.251 e. The van der Waals surface area contributed by atoms with Gasteiger partial charge in [0.2, 0.25) is 0 Å². The zero-order valence-corrected chi connectivity index (χ0v) is 16.9. The monoisotopic (exact) mass is 384 g/mol. The molecule has 2 aromatic carbocycles. The average Bonchev–Trinajstić information content (AvgIpc) is 2.72. The van der Waals surface area contributed by atoms with Gasteiger partial charge in [-0.25, -0.2) is 0 Å². The van der Waals surface area contributed by atoms with E-state index in [0.29, 0.717) is 30.2 Å². The fourth-order valence-corrected chi connectivity index (χ4v) is 2.88. The lowest BCUT2D eigenvalue weighted by molar-refractivity contribution is 0.0941. The first-order valence-corrected chi connectivity index (χ1v) is 9.01. The Kier molecular flexibility index (Phi) is 7.89. The first-order valence-electron chi connectivity index (χ1n) is 9.01. The number of para-hydroxylation sites is 1. The van der Waals surface area contributed by atoms with Crippen molar-refractivity contribution in [2.24, 2.45) is 0 Å². The predicted molar refractivity (Wildman–Crippen MR) is 110 cm³/mol. The third-order valence-corrected chi connectivity index (χ3v) is 4.36. The lowest BCUT2D eigenvalue weighted by atomic mass is 10.0. The maximum absolute atomic E-state index is 12.7. The Labute approximate surface area is 166 Å². The van der Waals surface area contributed by atoms with Gasteiger partial charge in [-0.05, 0) is 38.4 Å². The lowest BCUT2D eigenvalue weighted by Crippen LogP contribution is -2.34. The van der Waals surface area contributed by atoms with Crippen LogP contribution in [0.2, 0.25) is 0 Å². The summed E-state index contributed by atoms with van der Waals surface area (Å²) in [7, 11) is 7.13. The summed E-state index contributed by atoms with van der Waals surface area (Å²) in [5, 5.41) is 3.00. The van der Waals surface area contributed by atoms with E-state index in [4.69, 9.17) is 14.2 Å². The standard InChI is InChI=1S/C22H28N2O4/c1-6-13-28-20-12-11-16(14-21(20)27-5)22(25)23-15-18(24(2)3)17-9-7-8-10-19(17)26-4/h6-12,14,18H,1,13,15H2,2-5H3,(H,23,25). The molecule has 2 rings (SSSR count). The van der Waals surface area contributed by atoms with Crippen LogP contribution in [0.25, 0.3) is 0 Å². The number of benzene rings is 2. The summed E-state index contributed by atoms with van der Waals surface area (Å²) in [5.74, 6) is 1.68. The van der Waals surface area contributed by atoms with Crippen molar-refractivity contribution in [3.8, 4) is 17.2 Å². The third-order valence-electron chi connectivity index (χ3n) is 4.36. The molecule has 0 spiro atoms. The van der Waals surface area contributed by atoms with Crippen molar-refractivity contribution in [3.05, 3.63) is 66.2 Å². The fraction of sp³-hybridized carbons (Fsp3) is 0.318. The topological polar surface area (TPSA) is 60.0 Å². The third kappa shape index (κ3) is 5.27. The van der Waals surface area contributed by atoms with E-state index >= 15 is 0 Å². The van der Waals surface area contributed by atoms with E-state index in [2.05, 4.69) is 11.9 Å². The summed E-state index contributed by atoms with van der Waals surface area (Å²) < 4.78 is 16.3. The van der Waals surface area contributed by atoms with Crippen LogP contribution < -0.4 is 19.5 Å². The van der Waals surface area contributed by atoms with Gasteiger partial charge < -0.3 is 24.4 Å². The number of hydrogen-bond acceptors (Lipinski definition) is 5. The molecule has 0 aliphatic rings. The van der Waals surface area contributed by atoms with Crippen LogP contribution in [0.3, 0.4) is 0 Å². The highest BCUT2D eigenvalue weighted by Gasteiger charge is 2.20. The van der Waals surface area contributed by atoms with Crippen molar-refractivity contribution in [2.75, 3.05) is 41.5 Å². The number of carbonyl (C=O) groups excluding carboxylic acids is 1. The zero-order valence-electron chi connectivity index (χ0n) is 16.9. The van der Waals surface area contributed by atoms with E-state index in [9.17, 15) is 4.79 Å². The molecule has 0 bridgehead atoms. The molecule has 1 N–H and O–H groups in total. The number of carbonyl (C=O) groups is 1. The molecule has 150 valence electrons. The van der Waals surface area contributed by atoms with Gasteiger partial charge >= 0.3 is 0 Å². The largest absolute Gasteiger partial charge is 0.496 e. The van der Waals surface area contributed by atoms with Gasteiger partial charge in [-0.15, -0.1) is 0 Å². The number of methoxy groups -OCH3 is 2. The Bertz CT molecular complexity index is 805. The van der Waals surface area contributed by atoms with E-state index in [-0.39, 0.29) is 11.9 Å². The molecule has 0 saturated carbocycles. The van der Waals surface area contributed by atoms with E-state index < -0.39 is 0 Å². The number of hydrogen-bond donors (Lipinski definition) is 1. The molecule has 0 aromatic heterocycles. The highest BCUT2D eigenvalue weighted by atomic mass is 16.5. The van der Waals surface area contributed by atoms with Crippen molar-refractivity contribution in [1.82, 2.24) is 10.2 Å². The SMILES string of the molecule is C=CCOc1ccc(C(=O)NCC(c2ccccc2OC)N(C)C)cc1OC. The van der Waals surface area contributed by atoms with Crippen LogP contribution in [0, 0.1) is 0 Å². The number of rotatable bonds is 10. The quantitative estimate of drug-likeness (QED) is 0.637. The molecular weight excluding hydrogens is 356 g/mol. The Balaban J connectivity index is 2.13. The summed E-state index contributed by atoms with van der Waals surface area (Å²) in [4.78, 5) is 14.7. The minimum absolute atomic E-state index is 0.0304. The molecule has 0 radical (unpaired) electrons. The molecule has 0 saturated heterocycles. The molecule has 28 heavy (non-hydrogen) atoms. The number of ether oxygens (including phenoxy) is 3. The van der Waals surface area contributed by atoms with E-state index in [1.807, 2.05) is 43.3 Å². The van der Waals surface area contributed by atoms with Gasteiger partial charge in [0.25, 0.3) is 5.91 Å². The van der Waals surface area contributed by atoms with Gasteiger partial charge in [-0.3, -0.25) is 4.79 Å². The maximum atomic E-state index is 12.7. The Morgan fingerprint density at radius 3 is 2.46 bits per heavy atom. The summed E-state index contributed by atoms with van der Waals surface area (Å²) in [6, 6.07) is 12.9. The van der Waals surface area contributed by atoms with Crippen molar-refractivity contribution >= 4 is 5.91 Å². The molecule has 2 aromatic rings. The first kappa shape index (κ1) is 21.3. The lowest BCUT2D eigenvalue weighted by Gasteiger charge is -2.26. The molecule has 0 aliphatic heterocycles. The van der Waals surface area contributed by atoms with Crippen LogP contribution in [0.5, 0.6) is 17.2 Å². The molecule has 1 atom stereocenters. The molecule has 1 amide bonds. The van der Waals surface area contributed by atoms with Gasteiger partial charge in [0, 0.05) is 17.7 Å². The summed E-state index contributed by atoms with van der Waals surface area (Å²) in [6.45, 7) is 4.43. The van der Waals surface area contributed by atoms with E-state index in [1.165, 1.54) is 0 Å². The molecule has 0 heterocycles. The summed E-state index contributed by atoms with van der Waals surface area (Å²) in [5.41, 5.74) is 1.52. The zero-order chi connectivity index (χ0) is 20.5. The van der Waals surface area contributed by atoms with Gasteiger partial charge in [0.1, 0.15) is 12.4 Å². The Hall–Kier alpha value is -2.99. The van der Waals surface area contributed by atoms with Crippen molar-refractivity contribution < 1.29 is 19.0 Å². The molecule has 1 unspecified atom stereocenters. The van der Waals surface area contributed by atoms with Crippen LogP contribution in [-0.2, 0) is 0 Å². The predicted octanol–water partition coefficient (Wildman–Crippen LogP) is 3.30. The van der Waals surface area contributed by atoms with E-state index in [1.54, 1.807) is 38.5 Å². The molecule has 6 heteroatoms. The number of likely N-dealkylation sites (N-methyl/N-ethyl adjacent to an activating group) is 1. The van der Waals surface area contributed by atoms with Crippen molar-refractivity contribution in [1.29, 1.82) is 0 Å². The second-order valence-corrected chi connectivity index (χ2v) is 6.40. The molecule has 0 fully saturated rings. The van der Waals surface area contributed by atoms with Crippen LogP contribution in [0.15, 0.2) is 55.1 Å². The second kappa shape index (κ2) is 10.4. The van der Waals surface area contributed by atoms with Crippen LogP contribution in [0.4, 0.5) is 0 Å². The number of amides is 1. The molecule has 6 nitrogen and oxygen atoms in total. The van der Waals surface area contributed by atoms with E-state index in [0.717, 1.165) is 11.3 Å². The first-order chi connectivity index (χ1) is 13.5. The maximum Gasteiger partial charge on any atom is 0.251 e. The minimum atomic E-state index is -0.185. The highest BCUT2D eigenvalue weighted by molar-refractivity contribution is 5.94. The van der Waals surface area contributed by atoms with Crippen molar-refractivity contribution in [2.45, 2.75) is 6.04 Å². The van der Waals surface area contributed by atoms with Crippen LogP contribution in [0.1, 0.15) is 22.0 Å². The number of nitrogens with zero attached hydrogens (tertiary/aromatic N) is 1. The number of nitrogens with one attached hydrogen (secondary N) is 1. The van der Waals surface area contributed by atoms with Crippen LogP contribution >= 0.6 is 0 Å². The Morgan fingerprint density at radius 1 is 1.11 bits per heavy atom. The Morgan fingerprint density at radius 2 is 1.82 bits per heavy atom. The van der Waals surface area contributed by atoms with Gasteiger partial charge in [-0.2, -0.15) is 0 Å². The average molecular weight is 384 g/mol. The van der Waals surface area contributed by atoms with Gasteiger partial charge in [0.15, 0.2) is 11.5 Å². The normalized spacial score (nSPS) is 11.6. The van der Waals surface area contributed by atoms with Crippen LogP contribution in [-0.4, -0.2) is 52.3 Å². The molecular formula is C22H28N2O4. The second-order valence-electron chi connectivity index (χ2n) is 6.40. The van der Waals surface area contributed by atoms with Gasteiger partial charge in [-0.1, -0.05) is 30.9 Å². The minimum Gasteiger partial charge on any atom is -0.496 e. The highest BCUT2D eigenvalue weighted by Crippen LogP contribution is 2.29. The molecule has 0 aliphatic carbocycles. The summed E-state index contributed by atoms with van der Waals surface area (Å²) >= 11 is 0. The fourth-order valence-electron chi connectivity index (χ4n) is 2.88.